The van der Waals surface area contributed by atoms with Crippen LogP contribution in [0.2, 0.25) is 0 Å². The Morgan fingerprint density at radius 1 is 1.29 bits per heavy atom. The zero-order chi connectivity index (χ0) is 30.8. The fraction of sp³-hybridized carbons (Fsp3) is 0.357. The van der Waals surface area contributed by atoms with Gasteiger partial charge in [-0.1, -0.05) is 25.8 Å². The molecule has 1 aromatic heterocycles. The van der Waals surface area contributed by atoms with Gasteiger partial charge in [0.1, 0.15) is 17.3 Å². The SMILES string of the molecule is C#CCN1C(=O)COc2cc(F)c(N=c3snc4n3CC(C)(C)C4)cc21.CN(C)C(=O)Nc1cccc(C(F)(F)F)c1. The average molecular weight is 605 g/mol. The van der Waals surface area contributed by atoms with Crippen molar-refractivity contribution in [2.45, 2.75) is 33.0 Å². The largest absolute Gasteiger partial charge is 0.481 e. The molecule has 0 saturated heterocycles. The molecule has 14 heteroatoms. The molecule has 0 bridgehead atoms. The first-order valence-electron chi connectivity index (χ1n) is 12.6. The van der Waals surface area contributed by atoms with Crippen LogP contribution < -0.4 is 19.8 Å². The summed E-state index contributed by atoms with van der Waals surface area (Å²) in [5.74, 6) is 2.92. The highest BCUT2D eigenvalue weighted by molar-refractivity contribution is 7.02. The van der Waals surface area contributed by atoms with Crippen molar-refractivity contribution in [3.05, 3.63) is 58.4 Å². The Kier molecular flexibility index (Phi) is 8.63. The van der Waals surface area contributed by atoms with Crippen LogP contribution in [0, 0.1) is 23.6 Å². The normalized spacial score (nSPS) is 15.5. The molecule has 2 aliphatic heterocycles. The predicted molar refractivity (Wildman–Crippen MR) is 150 cm³/mol. The van der Waals surface area contributed by atoms with E-state index in [4.69, 9.17) is 11.2 Å². The number of nitrogens with zero attached hydrogens (tertiary/aromatic N) is 5. The number of hydrogen-bond acceptors (Lipinski definition) is 6. The van der Waals surface area contributed by atoms with Crippen molar-refractivity contribution in [2.24, 2.45) is 10.4 Å². The zero-order valence-corrected chi connectivity index (χ0v) is 24.1. The van der Waals surface area contributed by atoms with Gasteiger partial charge < -0.3 is 19.5 Å². The quantitative estimate of drug-likeness (QED) is 0.335. The number of fused-ring (bicyclic) bond motifs is 2. The third-order valence-electron chi connectivity index (χ3n) is 6.28. The number of hydrogen-bond donors (Lipinski definition) is 1. The molecule has 5 rings (SSSR count). The van der Waals surface area contributed by atoms with E-state index in [1.807, 2.05) is 4.57 Å². The Hall–Kier alpha value is -4.38. The number of urea groups is 1. The van der Waals surface area contributed by atoms with Gasteiger partial charge in [0.05, 0.1) is 17.8 Å². The van der Waals surface area contributed by atoms with Crippen molar-refractivity contribution in [1.29, 1.82) is 0 Å². The maximum absolute atomic E-state index is 14.5. The second kappa shape index (κ2) is 11.8. The molecule has 0 fully saturated rings. The van der Waals surface area contributed by atoms with E-state index in [1.165, 1.54) is 59.7 Å². The van der Waals surface area contributed by atoms with Crippen molar-refractivity contribution in [2.75, 3.05) is 37.5 Å². The van der Waals surface area contributed by atoms with Gasteiger partial charge in [0.15, 0.2) is 12.4 Å². The number of terminal acetylenes is 1. The van der Waals surface area contributed by atoms with Crippen LogP contribution in [-0.4, -0.2) is 53.0 Å². The molecule has 0 radical (unpaired) electrons. The molecule has 222 valence electrons. The van der Waals surface area contributed by atoms with E-state index in [-0.39, 0.29) is 35.8 Å². The van der Waals surface area contributed by atoms with E-state index in [2.05, 4.69) is 34.5 Å². The van der Waals surface area contributed by atoms with Crippen LogP contribution in [0.15, 0.2) is 41.4 Å². The lowest BCUT2D eigenvalue weighted by Gasteiger charge is -2.28. The van der Waals surface area contributed by atoms with E-state index >= 15 is 0 Å². The summed E-state index contributed by atoms with van der Waals surface area (Å²) in [5, 5.41) is 2.34. The first kappa shape index (κ1) is 30.6. The minimum Gasteiger partial charge on any atom is -0.481 e. The van der Waals surface area contributed by atoms with E-state index < -0.39 is 23.6 Å². The van der Waals surface area contributed by atoms with Crippen molar-refractivity contribution >= 4 is 40.5 Å². The van der Waals surface area contributed by atoms with Crippen LogP contribution in [0.5, 0.6) is 5.75 Å². The fourth-order valence-electron chi connectivity index (χ4n) is 4.25. The number of halogens is 4. The third-order valence-corrected chi connectivity index (χ3v) is 7.06. The van der Waals surface area contributed by atoms with Gasteiger partial charge in [-0.15, -0.1) is 6.42 Å². The van der Waals surface area contributed by atoms with E-state index in [0.717, 1.165) is 30.9 Å². The molecule has 0 unspecified atom stereocenters. The molecular formula is C28H28F4N6O3S. The molecule has 3 amide bonds. The summed E-state index contributed by atoms with van der Waals surface area (Å²) in [6, 6.07) is 6.77. The number of carbonyl (C=O) groups excluding carboxylic acids is 2. The third kappa shape index (κ3) is 6.91. The summed E-state index contributed by atoms with van der Waals surface area (Å²) < 4.78 is 63.3. The minimum atomic E-state index is -4.40. The number of ether oxygens (including phenoxy) is 1. The predicted octanol–water partition coefficient (Wildman–Crippen LogP) is 5.06. The molecule has 0 atom stereocenters. The highest BCUT2D eigenvalue weighted by Gasteiger charge is 2.32. The highest BCUT2D eigenvalue weighted by atomic mass is 32.1. The highest BCUT2D eigenvalue weighted by Crippen LogP contribution is 2.37. The summed E-state index contributed by atoms with van der Waals surface area (Å²) in [6.45, 7) is 5.05. The fourth-order valence-corrected chi connectivity index (χ4v) is 5.01. The van der Waals surface area contributed by atoms with Gasteiger partial charge in [0.2, 0.25) is 4.80 Å². The Bertz CT molecular complexity index is 1620. The van der Waals surface area contributed by atoms with E-state index in [0.29, 0.717) is 16.2 Å². The second-order valence-electron chi connectivity index (χ2n) is 10.6. The van der Waals surface area contributed by atoms with E-state index in [9.17, 15) is 27.2 Å². The molecule has 2 aliphatic rings. The van der Waals surface area contributed by atoms with Crippen LogP contribution >= 0.6 is 11.5 Å². The van der Waals surface area contributed by atoms with Crippen LogP contribution in [0.1, 0.15) is 25.2 Å². The summed E-state index contributed by atoms with van der Waals surface area (Å²) in [4.78, 5) is 31.0. The summed E-state index contributed by atoms with van der Waals surface area (Å²) >= 11 is 1.24. The molecule has 0 saturated carbocycles. The Balaban J connectivity index is 0.000000219. The monoisotopic (exact) mass is 604 g/mol. The average Bonchev–Trinajstić information content (AvgIpc) is 3.41. The molecular weight excluding hydrogens is 576 g/mol. The molecule has 42 heavy (non-hydrogen) atoms. The smallest absolute Gasteiger partial charge is 0.416 e. The van der Waals surface area contributed by atoms with Crippen molar-refractivity contribution < 1.29 is 31.9 Å². The van der Waals surface area contributed by atoms with Crippen molar-refractivity contribution in [1.82, 2.24) is 13.8 Å². The van der Waals surface area contributed by atoms with Crippen LogP contribution in [0.4, 0.5) is 39.4 Å². The van der Waals surface area contributed by atoms with Gasteiger partial charge >= 0.3 is 12.2 Å². The van der Waals surface area contributed by atoms with Gasteiger partial charge in [-0.05, 0) is 29.7 Å². The Morgan fingerprint density at radius 3 is 2.69 bits per heavy atom. The van der Waals surface area contributed by atoms with Gasteiger partial charge in [0.25, 0.3) is 5.91 Å². The lowest BCUT2D eigenvalue weighted by Crippen LogP contribution is -2.39. The summed E-state index contributed by atoms with van der Waals surface area (Å²) in [5.41, 5.74) is 0.00917. The Morgan fingerprint density at radius 2 is 2.02 bits per heavy atom. The van der Waals surface area contributed by atoms with Gasteiger partial charge in [-0.2, -0.15) is 17.5 Å². The first-order chi connectivity index (χ1) is 19.7. The van der Waals surface area contributed by atoms with Gasteiger partial charge in [0, 0.05) is 50.3 Å². The van der Waals surface area contributed by atoms with E-state index in [1.54, 1.807) is 0 Å². The molecule has 0 spiro atoms. The number of rotatable bonds is 3. The number of amides is 3. The van der Waals surface area contributed by atoms with Gasteiger partial charge in [-0.25, -0.2) is 14.2 Å². The molecule has 3 heterocycles. The number of carbonyl (C=O) groups is 2. The number of anilines is 2. The van der Waals surface area contributed by atoms with Crippen molar-refractivity contribution in [3.63, 3.8) is 0 Å². The maximum atomic E-state index is 14.5. The topological polar surface area (TPSA) is 92.1 Å². The lowest BCUT2D eigenvalue weighted by molar-refractivity contribution is -0.137. The van der Waals surface area contributed by atoms with Crippen LogP contribution in [0.25, 0.3) is 0 Å². The standard InChI is InChI=1S/C18H17FN4O2S.C10H11F3N2O/c1-4-5-22-13-7-12(11(19)6-14(13)25-9-16(22)24)20-17-23-10-18(2,3)8-15(23)21-26-17;1-15(2)9(16)14-8-5-3-4-7(6-8)10(11,12)13/h1,6-7H,5,8-10H2,2-3H3;3-6H,1-2H3,(H,14,16). The minimum absolute atomic E-state index is 0.0964. The van der Waals surface area contributed by atoms with Crippen molar-refractivity contribution in [3.8, 4) is 18.1 Å². The molecule has 0 aliphatic carbocycles. The molecule has 2 aromatic carbocycles. The molecule has 1 N–H and O–H groups in total. The number of benzene rings is 2. The van der Waals surface area contributed by atoms with Crippen LogP contribution in [-0.2, 0) is 23.9 Å². The van der Waals surface area contributed by atoms with Crippen LogP contribution in [0.3, 0.4) is 0 Å². The molecule has 3 aromatic rings. The summed E-state index contributed by atoms with van der Waals surface area (Å²) in [7, 11) is 3.01. The molecule has 9 nitrogen and oxygen atoms in total. The number of alkyl halides is 3. The number of aromatic nitrogens is 2. The summed E-state index contributed by atoms with van der Waals surface area (Å²) in [6.07, 6.45) is 1.81. The zero-order valence-electron chi connectivity index (χ0n) is 23.3. The lowest BCUT2D eigenvalue weighted by atomic mass is 9.92. The second-order valence-corrected chi connectivity index (χ2v) is 11.3. The number of nitrogens with one attached hydrogen (secondary N) is 1. The Labute approximate surface area is 243 Å². The first-order valence-corrected chi connectivity index (χ1v) is 13.4. The maximum Gasteiger partial charge on any atom is 0.416 e. The van der Waals surface area contributed by atoms with Gasteiger partial charge in [-0.3, -0.25) is 9.69 Å².